The number of fused-ring (bicyclic) bond motifs is 1. The molecule has 0 spiro atoms. The number of halogens is 1. The minimum Gasteiger partial charge on any atom is -0.462 e. The highest BCUT2D eigenvalue weighted by Crippen LogP contribution is 2.41. The first-order valence-electron chi connectivity index (χ1n) is 9.97. The Kier molecular flexibility index (Phi) is 7.30. The molecule has 1 unspecified atom stereocenters. The van der Waals surface area contributed by atoms with Gasteiger partial charge in [-0.25, -0.2) is 4.79 Å². The average molecular weight is 443 g/mol. The van der Waals surface area contributed by atoms with Crippen LogP contribution in [0.5, 0.6) is 0 Å². The molecule has 1 aromatic carbocycles. The summed E-state index contributed by atoms with van der Waals surface area (Å²) in [5.74, 6) is -0.438. The predicted molar refractivity (Wildman–Crippen MR) is 120 cm³/mol. The Hall–Kier alpha value is -2.62. The van der Waals surface area contributed by atoms with E-state index in [4.69, 9.17) is 16.3 Å². The van der Waals surface area contributed by atoms with Gasteiger partial charge in [-0.2, -0.15) is 5.26 Å². The summed E-state index contributed by atoms with van der Waals surface area (Å²) >= 11 is 7.55. The fraction of sp³-hybridized carbons (Fsp3) is 0.348. The number of nitrogens with one attached hydrogen (secondary N) is 1. The summed E-state index contributed by atoms with van der Waals surface area (Å²) in [5.41, 5.74) is 1.88. The molecule has 1 aromatic heterocycles. The van der Waals surface area contributed by atoms with E-state index in [0.29, 0.717) is 27.1 Å². The number of carbonyl (C=O) groups excluding carboxylic acids is 2. The lowest BCUT2D eigenvalue weighted by Crippen LogP contribution is -2.17. The van der Waals surface area contributed by atoms with Crippen LogP contribution in [0.4, 0.5) is 5.00 Å². The van der Waals surface area contributed by atoms with Crippen molar-refractivity contribution in [2.24, 2.45) is 5.92 Å². The molecule has 1 aliphatic carbocycles. The second kappa shape index (κ2) is 9.92. The van der Waals surface area contributed by atoms with Gasteiger partial charge in [0.25, 0.3) is 5.91 Å². The van der Waals surface area contributed by atoms with E-state index in [2.05, 4.69) is 12.2 Å². The van der Waals surface area contributed by atoms with E-state index in [1.807, 2.05) is 6.07 Å². The third-order valence-corrected chi connectivity index (χ3v) is 6.74. The Morgan fingerprint density at radius 1 is 1.37 bits per heavy atom. The van der Waals surface area contributed by atoms with Crippen LogP contribution in [0.15, 0.2) is 29.8 Å². The molecule has 1 N–H and O–H groups in total. The molecule has 3 rings (SSSR count). The fourth-order valence-electron chi connectivity index (χ4n) is 3.58. The van der Waals surface area contributed by atoms with Crippen LogP contribution in [-0.2, 0) is 22.4 Å². The van der Waals surface area contributed by atoms with Gasteiger partial charge in [0.1, 0.15) is 16.6 Å². The Bertz CT molecular complexity index is 1040. The minimum atomic E-state index is -0.575. The molecule has 1 aliphatic rings. The van der Waals surface area contributed by atoms with E-state index in [9.17, 15) is 14.9 Å². The summed E-state index contributed by atoms with van der Waals surface area (Å²) < 4.78 is 5.25. The van der Waals surface area contributed by atoms with E-state index in [-0.39, 0.29) is 12.2 Å². The number of nitriles is 1. The largest absolute Gasteiger partial charge is 0.462 e. The van der Waals surface area contributed by atoms with Crippen molar-refractivity contribution in [1.82, 2.24) is 0 Å². The quantitative estimate of drug-likeness (QED) is 0.356. The molecule has 5 nitrogen and oxygen atoms in total. The summed E-state index contributed by atoms with van der Waals surface area (Å²) in [6.07, 6.45) is 5.21. The highest BCUT2D eigenvalue weighted by atomic mass is 35.5. The fourth-order valence-corrected chi connectivity index (χ4v) is 5.11. The molecule has 1 amide bonds. The van der Waals surface area contributed by atoms with Crippen molar-refractivity contribution in [2.75, 3.05) is 11.9 Å². The number of esters is 1. The van der Waals surface area contributed by atoms with Gasteiger partial charge in [0, 0.05) is 9.90 Å². The van der Waals surface area contributed by atoms with Crippen LogP contribution in [0.25, 0.3) is 6.08 Å². The zero-order valence-electron chi connectivity index (χ0n) is 17.0. The number of thiophene rings is 1. The van der Waals surface area contributed by atoms with Crippen LogP contribution in [0, 0.1) is 17.2 Å². The van der Waals surface area contributed by atoms with Gasteiger partial charge in [0.2, 0.25) is 0 Å². The minimum absolute atomic E-state index is 0.0873. The molecule has 7 heteroatoms. The van der Waals surface area contributed by atoms with Gasteiger partial charge >= 0.3 is 5.97 Å². The zero-order chi connectivity index (χ0) is 21.7. The second-order valence-electron chi connectivity index (χ2n) is 7.09. The first-order valence-corrected chi connectivity index (χ1v) is 11.2. The SMILES string of the molecule is CCOC(=O)c1c(NC(=O)/C(C#N)=C/c2ccccc2Cl)sc2c1CCC(CC)C2. The van der Waals surface area contributed by atoms with Crippen molar-refractivity contribution in [3.8, 4) is 6.07 Å². The van der Waals surface area contributed by atoms with E-state index in [1.54, 1.807) is 31.2 Å². The molecule has 0 bridgehead atoms. The number of hydrogen-bond acceptors (Lipinski definition) is 5. The maximum atomic E-state index is 12.8. The standard InChI is InChI=1S/C23H23ClN2O3S/c1-3-14-9-10-17-19(11-14)30-22(20(17)23(28)29-4-2)26-21(27)16(13-25)12-15-7-5-6-8-18(15)24/h5-8,12,14H,3-4,9-11H2,1-2H3,(H,26,27)/b16-12+. The van der Waals surface area contributed by atoms with Crippen LogP contribution < -0.4 is 5.32 Å². The Balaban J connectivity index is 1.94. The van der Waals surface area contributed by atoms with Gasteiger partial charge in [-0.3, -0.25) is 4.79 Å². The maximum absolute atomic E-state index is 12.8. The van der Waals surface area contributed by atoms with E-state index >= 15 is 0 Å². The lowest BCUT2D eigenvalue weighted by atomic mass is 9.85. The number of ether oxygens (including phenoxy) is 1. The molecule has 0 aliphatic heterocycles. The highest BCUT2D eigenvalue weighted by molar-refractivity contribution is 7.17. The number of anilines is 1. The molecule has 0 saturated heterocycles. The number of hydrogen-bond donors (Lipinski definition) is 1. The summed E-state index contributed by atoms with van der Waals surface area (Å²) in [5, 5.41) is 13.2. The van der Waals surface area contributed by atoms with Crippen molar-refractivity contribution in [1.29, 1.82) is 5.26 Å². The molecular weight excluding hydrogens is 420 g/mol. The number of carbonyl (C=O) groups is 2. The lowest BCUT2D eigenvalue weighted by Gasteiger charge is -2.20. The Morgan fingerprint density at radius 3 is 2.80 bits per heavy atom. The van der Waals surface area contributed by atoms with Gasteiger partial charge in [-0.1, -0.05) is 43.1 Å². The van der Waals surface area contributed by atoms with E-state index < -0.39 is 11.9 Å². The number of benzene rings is 1. The van der Waals surface area contributed by atoms with Crippen LogP contribution in [0.1, 0.15) is 53.1 Å². The monoisotopic (exact) mass is 442 g/mol. The number of amides is 1. The topological polar surface area (TPSA) is 79.2 Å². The van der Waals surface area contributed by atoms with Gasteiger partial charge in [-0.05, 0) is 55.4 Å². The van der Waals surface area contributed by atoms with Crippen LogP contribution in [-0.4, -0.2) is 18.5 Å². The normalized spacial score (nSPS) is 15.8. The van der Waals surface area contributed by atoms with Gasteiger partial charge in [0.15, 0.2) is 0 Å². The van der Waals surface area contributed by atoms with Crippen molar-refractivity contribution in [2.45, 2.75) is 39.5 Å². The van der Waals surface area contributed by atoms with Gasteiger partial charge < -0.3 is 10.1 Å². The second-order valence-corrected chi connectivity index (χ2v) is 8.60. The summed E-state index contributed by atoms with van der Waals surface area (Å²) in [6.45, 7) is 4.17. The molecule has 156 valence electrons. The van der Waals surface area contributed by atoms with Crippen LogP contribution in [0.3, 0.4) is 0 Å². The van der Waals surface area contributed by atoms with Gasteiger partial charge in [-0.15, -0.1) is 11.3 Å². The van der Waals surface area contributed by atoms with Crippen molar-refractivity contribution in [3.63, 3.8) is 0 Å². The van der Waals surface area contributed by atoms with Crippen molar-refractivity contribution in [3.05, 3.63) is 56.4 Å². The molecule has 30 heavy (non-hydrogen) atoms. The molecule has 0 radical (unpaired) electrons. The smallest absolute Gasteiger partial charge is 0.341 e. The molecular formula is C23H23ClN2O3S. The van der Waals surface area contributed by atoms with Gasteiger partial charge in [0.05, 0.1) is 12.2 Å². The Morgan fingerprint density at radius 2 is 2.13 bits per heavy atom. The predicted octanol–water partition coefficient (Wildman–Crippen LogP) is 5.64. The molecule has 1 heterocycles. The Labute approximate surface area is 185 Å². The van der Waals surface area contributed by atoms with Crippen LogP contribution in [0.2, 0.25) is 5.02 Å². The summed E-state index contributed by atoms with van der Waals surface area (Å²) in [6, 6.07) is 8.90. The molecule has 1 atom stereocenters. The van der Waals surface area contributed by atoms with Crippen molar-refractivity contribution >= 4 is 45.9 Å². The third kappa shape index (κ3) is 4.75. The van der Waals surface area contributed by atoms with E-state index in [0.717, 1.165) is 36.1 Å². The summed E-state index contributed by atoms with van der Waals surface area (Å²) in [7, 11) is 0. The first kappa shape index (κ1) is 22.1. The molecule has 2 aromatic rings. The summed E-state index contributed by atoms with van der Waals surface area (Å²) in [4.78, 5) is 26.6. The zero-order valence-corrected chi connectivity index (χ0v) is 18.5. The van der Waals surface area contributed by atoms with E-state index in [1.165, 1.54) is 17.4 Å². The maximum Gasteiger partial charge on any atom is 0.341 e. The van der Waals surface area contributed by atoms with Crippen LogP contribution >= 0.6 is 22.9 Å². The first-order chi connectivity index (χ1) is 14.5. The third-order valence-electron chi connectivity index (χ3n) is 5.22. The molecule has 0 saturated carbocycles. The van der Waals surface area contributed by atoms with Crippen molar-refractivity contribution < 1.29 is 14.3 Å². The lowest BCUT2D eigenvalue weighted by molar-refractivity contribution is -0.112. The molecule has 0 fully saturated rings. The number of rotatable bonds is 6. The average Bonchev–Trinajstić information content (AvgIpc) is 3.10. The highest BCUT2D eigenvalue weighted by Gasteiger charge is 2.30. The number of nitrogens with zero attached hydrogens (tertiary/aromatic N) is 1.